The van der Waals surface area contributed by atoms with Crippen LogP contribution in [-0.2, 0) is 15.0 Å². The molecule has 3 aromatic carbocycles. The molecule has 0 bridgehead atoms. The number of amides is 1. The number of thiophene rings is 1. The topological polar surface area (TPSA) is 66.8 Å². The van der Waals surface area contributed by atoms with E-state index < -0.39 is 17.7 Å². The Morgan fingerprint density at radius 3 is 2.42 bits per heavy atom. The van der Waals surface area contributed by atoms with Crippen LogP contribution < -0.4 is 9.64 Å². The van der Waals surface area contributed by atoms with Crippen molar-refractivity contribution in [3.8, 4) is 5.75 Å². The van der Waals surface area contributed by atoms with E-state index in [1.807, 2.05) is 66.0 Å². The molecule has 0 aliphatic carbocycles. The first-order valence-electron chi connectivity index (χ1n) is 11.7. The number of aliphatic hydroxyl groups is 1. The third-order valence-corrected chi connectivity index (χ3v) is 7.49. The largest absolute Gasteiger partial charge is 0.507 e. The molecule has 1 amide bonds. The predicted octanol–water partition coefficient (Wildman–Crippen LogP) is 6.83. The second-order valence-electron chi connectivity index (χ2n) is 9.85. The van der Waals surface area contributed by atoms with Gasteiger partial charge in [0.1, 0.15) is 17.6 Å². The van der Waals surface area contributed by atoms with Gasteiger partial charge < -0.3 is 9.84 Å². The van der Waals surface area contributed by atoms with Crippen molar-refractivity contribution in [2.75, 3.05) is 12.0 Å². The molecule has 36 heavy (non-hydrogen) atoms. The Morgan fingerprint density at radius 1 is 0.972 bits per heavy atom. The van der Waals surface area contributed by atoms with E-state index in [0.29, 0.717) is 17.0 Å². The summed E-state index contributed by atoms with van der Waals surface area (Å²) in [5, 5.41) is 15.3. The second-order valence-corrected chi connectivity index (χ2v) is 10.8. The first kappa shape index (κ1) is 23.8. The summed E-state index contributed by atoms with van der Waals surface area (Å²) in [6, 6.07) is 21.8. The number of benzene rings is 3. The lowest BCUT2D eigenvalue weighted by Crippen LogP contribution is -2.29. The molecule has 1 aliphatic rings. The van der Waals surface area contributed by atoms with E-state index in [0.717, 1.165) is 21.2 Å². The van der Waals surface area contributed by atoms with Crippen LogP contribution in [0.1, 0.15) is 42.8 Å². The molecule has 1 unspecified atom stereocenters. The molecular formula is C30H27NO4S. The van der Waals surface area contributed by atoms with Crippen LogP contribution in [0.15, 0.2) is 83.7 Å². The lowest BCUT2D eigenvalue weighted by Gasteiger charge is -2.26. The lowest BCUT2D eigenvalue weighted by atomic mass is 9.84. The van der Waals surface area contributed by atoms with Crippen molar-refractivity contribution in [3.05, 3.63) is 99.8 Å². The number of ketones is 1. The quantitative estimate of drug-likeness (QED) is 0.191. The number of rotatable bonds is 4. The van der Waals surface area contributed by atoms with Gasteiger partial charge in [-0.1, -0.05) is 63.2 Å². The summed E-state index contributed by atoms with van der Waals surface area (Å²) >= 11 is 1.45. The third kappa shape index (κ3) is 3.88. The average Bonchev–Trinajstić information content (AvgIpc) is 3.49. The number of carbonyl (C=O) groups is 2. The van der Waals surface area contributed by atoms with Crippen LogP contribution in [0.25, 0.3) is 16.5 Å². The van der Waals surface area contributed by atoms with E-state index in [-0.39, 0.29) is 16.7 Å². The molecule has 6 heteroatoms. The van der Waals surface area contributed by atoms with Crippen molar-refractivity contribution in [1.82, 2.24) is 0 Å². The fourth-order valence-electron chi connectivity index (χ4n) is 4.81. The van der Waals surface area contributed by atoms with Crippen molar-refractivity contribution < 1.29 is 19.4 Å². The Morgan fingerprint density at radius 2 is 1.72 bits per heavy atom. The maximum Gasteiger partial charge on any atom is 0.300 e. The number of anilines is 1. The van der Waals surface area contributed by atoms with E-state index >= 15 is 0 Å². The van der Waals surface area contributed by atoms with E-state index in [2.05, 4.69) is 20.8 Å². The number of nitrogens with zero attached hydrogens (tertiary/aromatic N) is 1. The molecule has 1 N–H and O–H groups in total. The third-order valence-electron chi connectivity index (χ3n) is 6.56. The molecule has 5 nitrogen and oxygen atoms in total. The normalized spacial score (nSPS) is 17.7. The molecule has 0 saturated carbocycles. The molecule has 1 atom stereocenters. The summed E-state index contributed by atoms with van der Waals surface area (Å²) in [6.07, 6.45) is 0. The van der Waals surface area contributed by atoms with Gasteiger partial charge in [0.05, 0.1) is 18.4 Å². The van der Waals surface area contributed by atoms with Crippen LogP contribution in [0.2, 0.25) is 0 Å². The monoisotopic (exact) mass is 497 g/mol. The summed E-state index contributed by atoms with van der Waals surface area (Å²) in [4.78, 5) is 29.4. The van der Waals surface area contributed by atoms with Crippen molar-refractivity contribution >= 4 is 45.2 Å². The zero-order chi connectivity index (χ0) is 25.6. The second kappa shape index (κ2) is 8.95. The Hall–Kier alpha value is -3.90. The zero-order valence-electron chi connectivity index (χ0n) is 20.6. The minimum atomic E-state index is -0.740. The highest BCUT2D eigenvalue weighted by atomic mass is 32.1. The highest BCUT2D eigenvalue weighted by Crippen LogP contribution is 2.46. The lowest BCUT2D eigenvalue weighted by molar-refractivity contribution is -0.132. The maximum atomic E-state index is 13.5. The Labute approximate surface area is 214 Å². The Kier molecular flexibility index (Phi) is 5.92. The number of Topliss-reactive ketones (excluding diaryl/α,β-unsaturated/α-hetero) is 1. The van der Waals surface area contributed by atoms with E-state index in [4.69, 9.17) is 4.74 Å². The van der Waals surface area contributed by atoms with Gasteiger partial charge in [0.2, 0.25) is 0 Å². The number of methoxy groups -OCH3 is 1. The summed E-state index contributed by atoms with van der Waals surface area (Å²) in [5.74, 6) is -0.851. The van der Waals surface area contributed by atoms with Crippen LogP contribution in [0.3, 0.4) is 0 Å². The molecule has 5 rings (SSSR count). The van der Waals surface area contributed by atoms with Crippen molar-refractivity contribution in [1.29, 1.82) is 0 Å². The molecular weight excluding hydrogens is 470 g/mol. The van der Waals surface area contributed by atoms with Crippen LogP contribution in [-0.4, -0.2) is 23.9 Å². The molecule has 0 spiro atoms. The molecule has 1 aromatic heterocycles. The van der Waals surface area contributed by atoms with Gasteiger partial charge in [0.15, 0.2) is 0 Å². The number of ether oxygens (including phenoxy) is 1. The summed E-state index contributed by atoms with van der Waals surface area (Å²) in [6.45, 7) is 6.17. The van der Waals surface area contributed by atoms with Crippen LogP contribution in [0.5, 0.6) is 5.75 Å². The van der Waals surface area contributed by atoms with Crippen LogP contribution in [0, 0.1) is 0 Å². The van der Waals surface area contributed by atoms with E-state index in [1.165, 1.54) is 16.2 Å². The van der Waals surface area contributed by atoms with Gasteiger partial charge in [-0.2, -0.15) is 0 Å². The minimum Gasteiger partial charge on any atom is -0.507 e. The smallest absolute Gasteiger partial charge is 0.300 e. The minimum absolute atomic E-state index is 0.0837. The van der Waals surface area contributed by atoms with Crippen molar-refractivity contribution in [2.24, 2.45) is 0 Å². The molecule has 1 aliphatic heterocycles. The summed E-state index contributed by atoms with van der Waals surface area (Å²) < 4.78 is 5.54. The fraction of sp³-hybridized carbons (Fsp3) is 0.200. The Bertz CT molecular complexity index is 1510. The molecule has 4 aromatic rings. The summed E-state index contributed by atoms with van der Waals surface area (Å²) in [7, 11) is 1.61. The molecule has 0 radical (unpaired) electrons. The molecule has 1 saturated heterocycles. The van der Waals surface area contributed by atoms with Gasteiger partial charge >= 0.3 is 0 Å². The molecule has 1 fully saturated rings. The first-order chi connectivity index (χ1) is 17.2. The average molecular weight is 498 g/mol. The van der Waals surface area contributed by atoms with Gasteiger partial charge in [-0.15, -0.1) is 11.3 Å². The van der Waals surface area contributed by atoms with Gasteiger partial charge in [-0.05, 0) is 46.5 Å². The fourth-order valence-corrected chi connectivity index (χ4v) is 5.64. The number of hydrogen-bond donors (Lipinski definition) is 1. The first-order valence-corrected chi connectivity index (χ1v) is 12.6. The van der Waals surface area contributed by atoms with Crippen molar-refractivity contribution in [2.45, 2.75) is 32.2 Å². The maximum absolute atomic E-state index is 13.5. The number of carbonyl (C=O) groups excluding carboxylic acids is 2. The number of aliphatic hydroxyl groups excluding tert-OH is 1. The van der Waals surface area contributed by atoms with E-state index in [9.17, 15) is 14.7 Å². The number of hydrogen-bond acceptors (Lipinski definition) is 5. The van der Waals surface area contributed by atoms with Crippen LogP contribution in [0.4, 0.5) is 5.69 Å². The highest BCUT2D eigenvalue weighted by Gasteiger charge is 2.47. The molecule has 182 valence electrons. The van der Waals surface area contributed by atoms with Crippen molar-refractivity contribution in [3.63, 3.8) is 0 Å². The Balaban J connectivity index is 1.74. The van der Waals surface area contributed by atoms with Crippen LogP contribution >= 0.6 is 11.3 Å². The zero-order valence-corrected chi connectivity index (χ0v) is 21.4. The number of fused-ring (bicyclic) bond motifs is 1. The standard InChI is InChI=1S/C30H27NO4S/c1-30(2,3)21-17-19(14-15-23(21)35-4)27(32)25-26(24-13-8-16-36-24)31(29(34)28(25)33)22-12-7-10-18-9-5-6-11-20(18)22/h5-17,26,32H,1-4H3/b27-25-. The van der Waals surface area contributed by atoms with Gasteiger partial charge in [-0.25, -0.2) is 0 Å². The van der Waals surface area contributed by atoms with Gasteiger partial charge in [0.25, 0.3) is 11.7 Å². The van der Waals surface area contributed by atoms with Gasteiger partial charge in [-0.3, -0.25) is 14.5 Å². The van der Waals surface area contributed by atoms with E-state index in [1.54, 1.807) is 19.2 Å². The van der Waals surface area contributed by atoms with Gasteiger partial charge in [0, 0.05) is 21.4 Å². The SMILES string of the molecule is COc1ccc(/C(O)=C2/C(=O)C(=O)N(c3cccc4ccccc34)C2c2cccs2)cc1C(C)(C)C. The summed E-state index contributed by atoms with van der Waals surface area (Å²) in [5.41, 5.74) is 1.82. The predicted molar refractivity (Wildman–Crippen MR) is 145 cm³/mol. The molecule has 2 heterocycles. The highest BCUT2D eigenvalue weighted by molar-refractivity contribution is 7.10.